The van der Waals surface area contributed by atoms with E-state index in [1.165, 1.54) is 0 Å². The Morgan fingerprint density at radius 3 is 1.85 bits per heavy atom. The molecule has 3 aromatic carbocycles. The molecular formula is C24H20O3. The van der Waals surface area contributed by atoms with E-state index in [1.54, 1.807) is 49.6 Å². The predicted octanol–water partition coefficient (Wildman–Crippen LogP) is 5.23. The molecule has 0 aliphatic heterocycles. The molecule has 3 rings (SSSR count). The van der Waals surface area contributed by atoms with Crippen LogP contribution in [0.25, 0.3) is 5.57 Å². The predicted molar refractivity (Wildman–Crippen MR) is 107 cm³/mol. The monoisotopic (exact) mass is 356 g/mol. The van der Waals surface area contributed by atoms with E-state index in [0.717, 1.165) is 5.56 Å². The number of ketones is 2. The van der Waals surface area contributed by atoms with Gasteiger partial charge in [-0.25, -0.2) is 0 Å². The third-order valence-electron chi connectivity index (χ3n) is 4.27. The molecule has 27 heavy (non-hydrogen) atoms. The Morgan fingerprint density at radius 2 is 1.30 bits per heavy atom. The number of hydrogen-bond acceptors (Lipinski definition) is 3. The Hall–Kier alpha value is -3.46. The van der Waals surface area contributed by atoms with Crippen LogP contribution in [0.1, 0.15) is 32.7 Å². The van der Waals surface area contributed by atoms with Gasteiger partial charge in [-0.3, -0.25) is 9.59 Å². The average Bonchev–Trinajstić information content (AvgIpc) is 2.74. The second-order valence-corrected chi connectivity index (χ2v) is 6.09. The zero-order chi connectivity index (χ0) is 19.1. The van der Waals surface area contributed by atoms with Crippen LogP contribution in [-0.4, -0.2) is 18.7 Å². The number of rotatable bonds is 7. The first-order chi connectivity index (χ1) is 13.2. The van der Waals surface area contributed by atoms with Gasteiger partial charge in [0, 0.05) is 17.5 Å². The molecule has 0 unspecified atom stereocenters. The molecule has 0 aliphatic rings. The number of methoxy groups -OCH3 is 1. The molecule has 0 amide bonds. The van der Waals surface area contributed by atoms with E-state index in [2.05, 4.69) is 0 Å². The zero-order valence-electron chi connectivity index (χ0n) is 15.1. The minimum absolute atomic E-state index is 0.0202. The molecule has 0 saturated heterocycles. The highest BCUT2D eigenvalue weighted by atomic mass is 16.5. The van der Waals surface area contributed by atoms with E-state index in [0.29, 0.717) is 22.4 Å². The quantitative estimate of drug-likeness (QED) is 0.430. The summed E-state index contributed by atoms with van der Waals surface area (Å²) in [6.07, 6.45) is 1.72. The summed E-state index contributed by atoms with van der Waals surface area (Å²) in [6, 6.07) is 25.6. The van der Waals surface area contributed by atoms with Gasteiger partial charge in [0.15, 0.2) is 11.6 Å². The molecule has 3 nitrogen and oxygen atoms in total. The van der Waals surface area contributed by atoms with Gasteiger partial charge in [-0.15, -0.1) is 0 Å². The molecule has 0 aromatic heterocycles. The maximum atomic E-state index is 12.7. The van der Waals surface area contributed by atoms with Gasteiger partial charge < -0.3 is 4.74 Å². The number of Topliss-reactive ketones (excluding diaryl/α,β-unsaturated/α-hetero) is 1. The maximum Gasteiger partial charge on any atom is 0.186 e. The summed E-state index contributed by atoms with van der Waals surface area (Å²) >= 11 is 0. The van der Waals surface area contributed by atoms with Crippen LogP contribution in [0, 0.1) is 0 Å². The number of ether oxygens (including phenoxy) is 1. The van der Waals surface area contributed by atoms with Crippen LogP contribution in [0.15, 0.2) is 91.0 Å². The Morgan fingerprint density at radius 1 is 0.741 bits per heavy atom. The third kappa shape index (κ3) is 4.79. The van der Waals surface area contributed by atoms with Gasteiger partial charge in [-0.1, -0.05) is 60.7 Å². The lowest BCUT2D eigenvalue weighted by atomic mass is 9.95. The second kappa shape index (κ2) is 8.77. The minimum Gasteiger partial charge on any atom is -0.497 e. The van der Waals surface area contributed by atoms with Crippen LogP contribution < -0.4 is 4.74 Å². The lowest BCUT2D eigenvalue weighted by Gasteiger charge is -2.08. The van der Waals surface area contributed by atoms with Crippen LogP contribution in [0.4, 0.5) is 0 Å². The summed E-state index contributed by atoms with van der Waals surface area (Å²) < 4.78 is 5.13. The van der Waals surface area contributed by atoms with Gasteiger partial charge in [-0.2, -0.15) is 0 Å². The molecule has 0 bridgehead atoms. The molecule has 0 spiro atoms. The average molecular weight is 356 g/mol. The highest BCUT2D eigenvalue weighted by molar-refractivity contribution is 6.11. The summed E-state index contributed by atoms with van der Waals surface area (Å²) in [5.74, 6) is 0.531. The van der Waals surface area contributed by atoms with Crippen molar-refractivity contribution in [3.63, 3.8) is 0 Å². The third-order valence-corrected chi connectivity index (χ3v) is 4.27. The van der Waals surface area contributed by atoms with Crippen LogP contribution >= 0.6 is 0 Å². The minimum atomic E-state index is -0.141. The first kappa shape index (κ1) is 18.3. The Bertz CT molecular complexity index is 940. The van der Waals surface area contributed by atoms with E-state index < -0.39 is 0 Å². The number of carbonyl (C=O) groups excluding carboxylic acids is 2. The highest BCUT2D eigenvalue weighted by Crippen LogP contribution is 2.22. The SMILES string of the molecule is COc1ccc(C(=O)/C=C(\CC(=O)c2ccccc2)c2ccccc2)cc1. The smallest absolute Gasteiger partial charge is 0.186 e. The molecule has 0 atom stereocenters. The van der Waals surface area contributed by atoms with E-state index >= 15 is 0 Å². The van der Waals surface area contributed by atoms with Gasteiger partial charge >= 0.3 is 0 Å². The molecule has 0 heterocycles. The van der Waals surface area contributed by atoms with Gasteiger partial charge in [-0.05, 0) is 41.5 Å². The number of benzene rings is 3. The van der Waals surface area contributed by atoms with E-state index in [-0.39, 0.29) is 18.0 Å². The van der Waals surface area contributed by atoms with Crippen molar-refractivity contribution in [2.45, 2.75) is 6.42 Å². The Balaban J connectivity index is 1.90. The lowest BCUT2D eigenvalue weighted by molar-refractivity contribution is 0.0998. The fourth-order valence-corrected chi connectivity index (χ4v) is 2.78. The fourth-order valence-electron chi connectivity index (χ4n) is 2.78. The van der Waals surface area contributed by atoms with Crippen LogP contribution in [0.3, 0.4) is 0 Å². The molecular weight excluding hydrogens is 336 g/mol. The van der Waals surface area contributed by atoms with Crippen molar-refractivity contribution in [1.82, 2.24) is 0 Å². The summed E-state index contributed by atoms with van der Waals surface area (Å²) in [6.45, 7) is 0. The van der Waals surface area contributed by atoms with Gasteiger partial charge in [0.05, 0.1) is 7.11 Å². The molecule has 3 aromatic rings. The second-order valence-electron chi connectivity index (χ2n) is 6.09. The number of hydrogen-bond donors (Lipinski definition) is 0. The van der Waals surface area contributed by atoms with Crippen molar-refractivity contribution in [3.05, 3.63) is 108 Å². The molecule has 0 saturated carbocycles. The van der Waals surface area contributed by atoms with E-state index in [4.69, 9.17) is 4.74 Å². The lowest BCUT2D eigenvalue weighted by Crippen LogP contribution is -2.03. The van der Waals surface area contributed by atoms with Crippen molar-refractivity contribution in [2.24, 2.45) is 0 Å². The summed E-state index contributed by atoms with van der Waals surface area (Å²) in [4.78, 5) is 25.4. The van der Waals surface area contributed by atoms with Crippen molar-refractivity contribution in [1.29, 1.82) is 0 Å². The summed E-state index contributed by atoms with van der Waals surface area (Å²) in [7, 11) is 1.58. The molecule has 0 fully saturated rings. The molecule has 3 heteroatoms. The topological polar surface area (TPSA) is 43.4 Å². The maximum absolute atomic E-state index is 12.7. The number of allylic oxidation sites excluding steroid dienone is 2. The van der Waals surface area contributed by atoms with Gasteiger partial charge in [0.25, 0.3) is 0 Å². The Labute approximate surface area is 158 Å². The first-order valence-corrected chi connectivity index (χ1v) is 8.70. The van der Waals surface area contributed by atoms with Crippen LogP contribution in [-0.2, 0) is 0 Å². The fraction of sp³-hybridized carbons (Fsp3) is 0.0833. The van der Waals surface area contributed by atoms with E-state index in [9.17, 15) is 9.59 Å². The molecule has 0 N–H and O–H groups in total. The van der Waals surface area contributed by atoms with E-state index in [1.807, 2.05) is 48.5 Å². The van der Waals surface area contributed by atoms with Crippen LogP contribution in [0.5, 0.6) is 5.75 Å². The standard InChI is InChI=1S/C24H20O3/c1-27-22-14-12-20(13-15-22)24(26)17-21(18-8-4-2-5-9-18)16-23(25)19-10-6-3-7-11-19/h2-15,17H,16H2,1H3/b21-17+. The van der Waals surface area contributed by atoms with Crippen molar-refractivity contribution in [3.8, 4) is 5.75 Å². The van der Waals surface area contributed by atoms with Gasteiger partial charge in [0.2, 0.25) is 0 Å². The first-order valence-electron chi connectivity index (χ1n) is 8.70. The number of carbonyl (C=O) groups is 2. The zero-order valence-corrected chi connectivity index (χ0v) is 15.1. The van der Waals surface area contributed by atoms with Crippen molar-refractivity contribution >= 4 is 17.1 Å². The largest absolute Gasteiger partial charge is 0.497 e. The molecule has 0 aliphatic carbocycles. The van der Waals surface area contributed by atoms with Crippen LogP contribution in [0.2, 0.25) is 0 Å². The van der Waals surface area contributed by atoms with Gasteiger partial charge in [0.1, 0.15) is 5.75 Å². The Kier molecular flexibility index (Phi) is 5.95. The van der Waals surface area contributed by atoms with Crippen molar-refractivity contribution in [2.75, 3.05) is 7.11 Å². The van der Waals surface area contributed by atoms with Crippen molar-refractivity contribution < 1.29 is 14.3 Å². The normalized spacial score (nSPS) is 11.1. The highest BCUT2D eigenvalue weighted by Gasteiger charge is 2.13. The molecule has 134 valence electrons. The summed E-state index contributed by atoms with van der Waals surface area (Å²) in [5, 5.41) is 0. The summed E-state index contributed by atoms with van der Waals surface area (Å²) in [5.41, 5.74) is 2.75. The molecule has 0 radical (unpaired) electrons.